The second-order valence-electron chi connectivity index (χ2n) is 1.74. The van der Waals surface area contributed by atoms with E-state index in [9.17, 15) is 4.79 Å². The summed E-state index contributed by atoms with van der Waals surface area (Å²) in [5, 5.41) is 2.24. The standard InChI is InChI=1S/C7H10N2OS/c1-2-3-4-5-6(10)9-7(8)11/h2-5H,1H3,(H3,8,9,10,11)/b3-2+,5-4+. The molecule has 0 bridgehead atoms. The van der Waals surface area contributed by atoms with Crippen molar-refractivity contribution in [2.45, 2.75) is 6.92 Å². The number of nitrogens with two attached hydrogens (primary N) is 1. The molecule has 3 N–H and O–H groups in total. The Kier molecular flexibility index (Phi) is 5.02. The molecule has 11 heavy (non-hydrogen) atoms. The molecule has 0 heterocycles. The van der Waals surface area contributed by atoms with Crippen LogP contribution in [0.25, 0.3) is 0 Å². The summed E-state index contributed by atoms with van der Waals surface area (Å²) in [5.41, 5.74) is 5.05. The molecule has 0 aliphatic heterocycles. The Morgan fingerprint density at radius 1 is 1.55 bits per heavy atom. The first-order chi connectivity index (χ1) is 5.16. The first-order valence-corrected chi connectivity index (χ1v) is 3.47. The number of amides is 1. The molecule has 0 atom stereocenters. The third kappa shape index (κ3) is 6.73. The Morgan fingerprint density at radius 2 is 2.18 bits per heavy atom. The second kappa shape index (κ2) is 5.61. The average molecular weight is 170 g/mol. The summed E-state index contributed by atoms with van der Waals surface area (Å²) in [7, 11) is 0. The van der Waals surface area contributed by atoms with Crippen molar-refractivity contribution >= 4 is 23.2 Å². The van der Waals surface area contributed by atoms with Crippen LogP contribution in [0.4, 0.5) is 0 Å². The van der Waals surface area contributed by atoms with Crippen LogP contribution in [-0.2, 0) is 4.79 Å². The van der Waals surface area contributed by atoms with Gasteiger partial charge in [0, 0.05) is 6.08 Å². The summed E-state index contributed by atoms with van der Waals surface area (Å²) in [6, 6.07) is 0. The van der Waals surface area contributed by atoms with Crippen molar-refractivity contribution in [2.75, 3.05) is 0 Å². The second-order valence-corrected chi connectivity index (χ2v) is 2.18. The van der Waals surface area contributed by atoms with E-state index in [-0.39, 0.29) is 11.0 Å². The number of carbonyl (C=O) groups excluding carboxylic acids is 1. The fourth-order valence-electron chi connectivity index (χ4n) is 0.417. The van der Waals surface area contributed by atoms with Gasteiger partial charge in [-0.25, -0.2) is 0 Å². The minimum atomic E-state index is -0.310. The maximum atomic E-state index is 10.7. The smallest absolute Gasteiger partial charge is 0.250 e. The molecule has 0 saturated heterocycles. The van der Waals surface area contributed by atoms with E-state index in [1.165, 1.54) is 6.08 Å². The van der Waals surface area contributed by atoms with Crippen LogP contribution in [0.15, 0.2) is 24.3 Å². The molecule has 0 fully saturated rings. The van der Waals surface area contributed by atoms with Crippen molar-refractivity contribution in [3.05, 3.63) is 24.3 Å². The lowest BCUT2D eigenvalue weighted by Crippen LogP contribution is -2.33. The van der Waals surface area contributed by atoms with Crippen LogP contribution in [0.5, 0.6) is 0 Å². The maximum Gasteiger partial charge on any atom is 0.250 e. The molecule has 0 aromatic heterocycles. The maximum absolute atomic E-state index is 10.7. The first kappa shape index (κ1) is 9.84. The predicted molar refractivity (Wildman–Crippen MR) is 48.9 cm³/mol. The van der Waals surface area contributed by atoms with E-state index in [0.717, 1.165) is 0 Å². The van der Waals surface area contributed by atoms with Gasteiger partial charge in [0.15, 0.2) is 5.11 Å². The van der Waals surface area contributed by atoms with Crippen LogP contribution >= 0.6 is 12.2 Å². The number of hydrogen-bond donors (Lipinski definition) is 2. The number of allylic oxidation sites excluding steroid dienone is 3. The molecule has 0 aromatic rings. The zero-order chi connectivity index (χ0) is 8.69. The first-order valence-electron chi connectivity index (χ1n) is 3.06. The van der Waals surface area contributed by atoms with Crippen LogP contribution in [0.2, 0.25) is 0 Å². The highest BCUT2D eigenvalue weighted by Crippen LogP contribution is 1.76. The zero-order valence-electron chi connectivity index (χ0n) is 6.20. The van der Waals surface area contributed by atoms with Crippen molar-refractivity contribution in [1.82, 2.24) is 5.32 Å². The molecular formula is C7H10N2OS. The lowest BCUT2D eigenvalue weighted by Gasteiger charge is -1.94. The minimum Gasteiger partial charge on any atom is -0.376 e. The van der Waals surface area contributed by atoms with Crippen LogP contribution < -0.4 is 11.1 Å². The lowest BCUT2D eigenvalue weighted by molar-refractivity contribution is -0.115. The quantitative estimate of drug-likeness (QED) is 0.360. The SMILES string of the molecule is C/C=C/C=C/C(=O)NC(N)=S. The van der Waals surface area contributed by atoms with Gasteiger partial charge in [-0.3, -0.25) is 10.1 Å². The van der Waals surface area contributed by atoms with E-state index in [0.29, 0.717) is 0 Å². The minimum absolute atomic E-state index is 0.0138. The third-order valence-corrected chi connectivity index (χ3v) is 0.900. The van der Waals surface area contributed by atoms with Crippen molar-refractivity contribution in [3.63, 3.8) is 0 Å². The summed E-state index contributed by atoms with van der Waals surface area (Å²) in [4.78, 5) is 10.7. The topological polar surface area (TPSA) is 55.1 Å². The summed E-state index contributed by atoms with van der Waals surface area (Å²) in [5.74, 6) is -0.310. The highest BCUT2D eigenvalue weighted by molar-refractivity contribution is 7.80. The van der Waals surface area contributed by atoms with Gasteiger partial charge in [-0.2, -0.15) is 0 Å². The van der Waals surface area contributed by atoms with Crippen molar-refractivity contribution in [3.8, 4) is 0 Å². The largest absolute Gasteiger partial charge is 0.376 e. The zero-order valence-corrected chi connectivity index (χ0v) is 7.02. The molecule has 4 heteroatoms. The summed E-state index contributed by atoms with van der Waals surface area (Å²) < 4.78 is 0. The molecule has 0 spiro atoms. The van der Waals surface area contributed by atoms with Crippen LogP contribution in [0, 0.1) is 0 Å². The van der Waals surface area contributed by atoms with Crippen LogP contribution in [0.1, 0.15) is 6.92 Å². The van der Waals surface area contributed by atoms with Gasteiger partial charge in [-0.15, -0.1) is 0 Å². The molecule has 0 rings (SSSR count). The van der Waals surface area contributed by atoms with Gasteiger partial charge in [-0.1, -0.05) is 18.2 Å². The predicted octanol–water partition coefficient (Wildman–Crippen LogP) is 0.479. The molecule has 1 amide bonds. The number of rotatable bonds is 2. The van der Waals surface area contributed by atoms with Gasteiger partial charge in [0.25, 0.3) is 0 Å². The monoisotopic (exact) mass is 170 g/mol. The Morgan fingerprint density at radius 3 is 2.64 bits per heavy atom. The molecule has 0 aromatic carbocycles. The van der Waals surface area contributed by atoms with Gasteiger partial charge < -0.3 is 5.73 Å². The Hall–Kier alpha value is -1.16. The third-order valence-electron chi connectivity index (χ3n) is 0.798. The van der Waals surface area contributed by atoms with Crippen molar-refractivity contribution in [2.24, 2.45) is 5.73 Å². The Labute approximate surface area is 71.0 Å². The lowest BCUT2D eigenvalue weighted by atomic mass is 10.4. The number of carbonyl (C=O) groups is 1. The fraction of sp³-hybridized carbons (Fsp3) is 0.143. The number of thiocarbonyl (C=S) groups is 1. The Bertz CT molecular complexity index is 208. The normalized spacial score (nSPS) is 10.6. The number of hydrogen-bond acceptors (Lipinski definition) is 2. The molecule has 0 saturated carbocycles. The van der Waals surface area contributed by atoms with E-state index in [1.54, 1.807) is 12.2 Å². The molecule has 0 radical (unpaired) electrons. The van der Waals surface area contributed by atoms with E-state index in [2.05, 4.69) is 17.5 Å². The van der Waals surface area contributed by atoms with Gasteiger partial charge in [0.2, 0.25) is 5.91 Å². The summed E-state index contributed by atoms with van der Waals surface area (Å²) >= 11 is 4.44. The summed E-state index contributed by atoms with van der Waals surface area (Å²) in [6.07, 6.45) is 6.50. The van der Waals surface area contributed by atoms with Crippen LogP contribution in [0.3, 0.4) is 0 Å². The molecule has 0 unspecified atom stereocenters. The van der Waals surface area contributed by atoms with Crippen molar-refractivity contribution < 1.29 is 4.79 Å². The van der Waals surface area contributed by atoms with Gasteiger partial charge >= 0.3 is 0 Å². The molecule has 60 valence electrons. The van der Waals surface area contributed by atoms with E-state index >= 15 is 0 Å². The molecule has 0 aliphatic rings. The van der Waals surface area contributed by atoms with E-state index in [4.69, 9.17) is 5.73 Å². The van der Waals surface area contributed by atoms with Crippen LogP contribution in [-0.4, -0.2) is 11.0 Å². The van der Waals surface area contributed by atoms with Gasteiger partial charge in [-0.05, 0) is 19.1 Å². The highest BCUT2D eigenvalue weighted by Gasteiger charge is 1.92. The van der Waals surface area contributed by atoms with Gasteiger partial charge in [0.05, 0.1) is 0 Å². The Balaban J connectivity index is 3.78. The molecule has 3 nitrogen and oxygen atoms in total. The average Bonchev–Trinajstić information content (AvgIpc) is 1.86. The molecular weight excluding hydrogens is 160 g/mol. The number of nitrogens with one attached hydrogen (secondary N) is 1. The van der Waals surface area contributed by atoms with E-state index < -0.39 is 0 Å². The molecule has 0 aliphatic carbocycles. The summed E-state index contributed by atoms with van der Waals surface area (Å²) in [6.45, 7) is 1.86. The van der Waals surface area contributed by atoms with E-state index in [1.807, 2.05) is 13.0 Å². The highest BCUT2D eigenvalue weighted by atomic mass is 32.1. The van der Waals surface area contributed by atoms with Gasteiger partial charge in [0.1, 0.15) is 0 Å². The van der Waals surface area contributed by atoms with Crippen molar-refractivity contribution in [1.29, 1.82) is 0 Å². The fourth-order valence-corrected chi connectivity index (χ4v) is 0.518.